The van der Waals surface area contributed by atoms with E-state index in [-0.39, 0.29) is 34.4 Å². The quantitative estimate of drug-likeness (QED) is 0.481. The van der Waals surface area contributed by atoms with E-state index >= 15 is 0 Å². The van der Waals surface area contributed by atoms with Crippen molar-refractivity contribution < 1.29 is 19.5 Å². The fraction of sp³-hybridized carbons (Fsp3) is 0.694. The molecule has 0 bridgehead atoms. The molecule has 8 nitrogen and oxygen atoms in total. The van der Waals surface area contributed by atoms with Gasteiger partial charge in [0.1, 0.15) is 11.7 Å². The van der Waals surface area contributed by atoms with Gasteiger partial charge < -0.3 is 10.4 Å². The third-order valence-electron chi connectivity index (χ3n) is 14.0. The molecule has 0 unspecified atom stereocenters. The number of hydrogen-bond donors (Lipinski definition) is 2. The topological polar surface area (TPSA) is 125 Å². The van der Waals surface area contributed by atoms with E-state index in [1.54, 1.807) is 10.8 Å². The molecular weight excluding hydrogens is 552 g/mol. The van der Waals surface area contributed by atoms with Gasteiger partial charge in [-0.2, -0.15) is 10.4 Å². The van der Waals surface area contributed by atoms with Gasteiger partial charge in [0.25, 0.3) is 0 Å². The van der Waals surface area contributed by atoms with Crippen LogP contribution in [-0.4, -0.2) is 38.0 Å². The normalized spacial score (nSPS) is 44.2. The molecule has 0 aromatic carbocycles. The molecule has 1 aromatic rings. The summed E-state index contributed by atoms with van der Waals surface area (Å²) in [6.07, 6.45) is 10.3. The van der Waals surface area contributed by atoms with Gasteiger partial charge in [0.15, 0.2) is 11.6 Å². The lowest BCUT2D eigenvalue weighted by Gasteiger charge is -2.71. The molecule has 236 valence electrons. The number of aryl methyl sites for hydroxylation is 1. The van der Waals surface area contributed by atoms with Gasteiger partial charge >= 0.3 is 0 Å². The van der Waals surface area contributed by atoms with Crippen molar-refractivity contribution in [2.24, 2.45) is 51.4 Å². The highest BCUT2D eigenvalue weighted by molar-refractivity contribution is 6.05. The number of nitriles is 1. The summed E-state index contributed by atoms with van der Waals surface area (Å²) in [6.45, 7) is 14.8. The Balaban J connectivity index is 1.41. The van der Waals surface area contributed by atoms with E-state index in [0.29, 0.717) is 25.8 Å². The highest BCUT2D eigenvalue weighted by Crippen LogP contribution is 2.75. The minimum absolute atomic E-state index is 0.0591. The maximum absolute atomic E-state index is 14.6. The predicted molar refractivity (Wildman–Crippen MR) is 165 cm³/mol. The van der Waals surface area contributed by atoms with Gasteiger partial charge in [0.2, 0.25) is 5.91 Å². The maximum Gasteiger partial charge on any atom is 0.226 e. The van der Waals surface area contributed by atoms with Crippen molar-refractivity contribution in [3.05, 3.63) is 41.3 Å². The number of carbonyl (C=O) groups excluding carboxylic acids is 3. The smallest absolute Gasteiger partial charge is 0.226 e. The van der Waals surface area contributed by atoms with Gasteiger partial charge in [-0.05, 0) is 79.4 Å². The summed E-state index contributed by atoms with van der Waals surface area (Å²) in [7, 11) is 1.84. The van der Waals surface area contributed by atoms with Crippen LogP contribution < -0.4 is 5.32 Å². The van der Waals surface area contributed by atoms with Gasteiger partial charge in [-0.3, -0.25) is 19.1 Å². The van der Waals surface area contributed by atoms with E-state index in [0.717, 1.165) is 37.0 Å². The zero-order valence-corrected chi connectivity index (χ0v) is 27.6. The third-order valence-corrected chi connectivity index (χ3v) is 14.0. The number of nitrogens with one attached hydrogen (secondary N) is 1. The molecule has 1 amide bonds. The molecule has 6 rings (SSSR count). The molecule has 1 heterocycles. The zero-order chi connectivity index (χ0) is 32.3. The summed E-state index contributed by atoms with van der Waals surface area (Å²) >= 11 is 0. The molecule has 0 saturated heterocycles. The monoisotopic (exact) mass is 600 g/mol. The van der Waals surface area contributed by atoms with E-state index in [9.17, 15) is 24.8 Å². The van der Waals surface area contributed by atoms with Crippen LogP contribution in [0.15, 0.2) is 35.6 Å². The Morgan fingerprint density at radius 3 is 2.39 bits per heavy atom. The number of aliphatic hydroxyl groups is 1. The number of ketones is 2. The van der Waals surface area contributed by atoms with Crippen molar-refractivity contribution in [3.8, 4) is 6.07 Å². The van der Waals surface area contributed by atoms with Crippen molar-refractivity contribution in [1.29, 1.82) is 5.26 Å². The van der Waals surface area contributed by atoms with Gasteiger partial charge in [0.05, 0.1) is 17.8 Å². The van der Waals surface area contributed by atoms with Crippen LogP contribution >= 0.6 is 0 Å². The van der Waals surface area contributed by atoms with Crippen LogP contribution in [0.25, 0.3) is 0 Å². The lowest BCUT2D eigenvalue weighted by molar-refractivity contribution is -0.242. The van der Waals surface area contributed by atoms with E-state index in [2.05, 4.69) is 44.2 Å². The van der Waals surface area contributed by atoms with E-state index in [1.165, 1.54) is 0 Å². The van der Waals surface area contributed by atoms with Gasteiger partial charge in [-0.1, -0.05) is 54.5 Å². The van der Waals surface area contributed by atoms with Crippen molar-refractivity contribution in [2.75, 3.05) is 0 Å². The third kappa shape index (κ3) is 3.71. The highest BCUT2D eigenvalue weighted by Gasteiger charge is 2.75. The Morgan fingerprint density at radius 2 is 1.75 bits per heavy atom. The van der Waals surface area contributed by atoms with E-state index in [1.807, 2.05) is 46.2 Å². The van der Waals surface area contributed by atoms with Gasteiger partial charge in [-0.15, -0.1) is 0 Å². The second-order valence-electron chi connectivity index (χ2n) is 16.6. The molecule has 2 N–H and O–H groups in total. The second-order valence-corrected chi connectivity index (χ2v) is 16.6. The summed E-state index contributed by atoms with van der Waals surface area (Å²) in [6, 6.07) is 4.03. The number of carbonyl (C=O) groups is 3. The molecule has 8 atom stereocenters. The number of nitrogens with zero attached hydrogens (tertiary/aromatic N) is 3. The summed E-state index contributed by atoms with van der Waals surface area (Å²) in [5, 5.41) is 30.5. The molecule has 5 aliphatic carbocycles. The van der Waals surface area contributed by atoms with Gasteiger partial charge in [0, 0.05) is 40.8 Å². The molecule has 44 heavy (non-hydrogen) atoms. The number of aromatic nitrogens is 2. The highest BCUT2D eigenvalue weighted by atomic mass is 16.3. The lowest BCUT2D eigenvalue weighted by Crippen LogP contribution is -2.74. The average Bonchev–Trinajstić information content (AvgIpc) is 3.39. The first-order valence-electron chi connectivity index (χ1n) is 16.3. The first-order chi connectivity index (χ1) is 20.3. The fourth-order valence-electron chi connectivity index (χ4n) is 10.9. The first kappa shape index (κ1) is 31.0. The van der Waals surface area contributed by atoms with Crippen LogP contribution in [0.5, 0.6) is 0 Å². The molecule has 3 saturated carbocycles. The molecule has 5 aliphatic rings. The number of allylic oxidation sites excluding steroid dienone is 3. The lowest BCUT2D eigenvalue weighted by atomic mass is 9.33. The Hall–Kier alpha value is -3.05. The molecule has 8 heteroatoms. The number of amides is 1. The summed E-state index contributed by atoms with van der Waals surface area (Å²) in [4.78, 5) is 41.7. The Bertz CT molecular complexity index is 1580. The van der Waals surface area contributed by atoms with Crippen LogP contribution in [0.3, 0.4) is 0 Å². The Morgan fingerprint density at radius 1 is 1.07 bits per heavy atom. The molecule has 1 aromatic heterocycles. The van der Waals surface area contributed by atoms with Crippen molar-refractivity contribution in [3.63, 3.8) is 0 Å². The van der Waals surface area contributed by atoms with Crippen molar-refractivity contribution in [2.45, 2.75) is 106 Å². The fourth-order valence-corrected chi connectivity index (χ4v) is 10.9. The van der Waals surface area contributed by atoms with Gasteiger partial charge in [-0.25, -0.2) is 0 Å². The molecule has 3 fully saturated rings. The second kappa shape index (κ2) is 9.25. The SMILES string of the molecule is Cn1ccc(CNC(=O)[C@@]2(C)CC[C@]3(C)CC[C@@]4(C)[C@]5(C)CC[C@H]6C(C)(C)C(=O)C(C#N)=C[C@]6(C)C5=CC(=O)[C@]4(O)[C@@H]3C2)n1. The summed E-state index contributed by atoms with van der Waals surface area (Å²) in [5.41, 5.74) is -3.50. The first-order valence-corrected chi connectivity index (χ1v) is 16.3. The number of Topliss-reactive ketones (excluding diaryl/α,β-unsaturated/α-hetero) is 1. The maximum atomic E-state index is 14.6. The van der Waals surface area contributed by atoms with Crippen molar-refractivity contribution in [1.82, 2.24) is 15.1 Å². The van der Waals surface area contributed by atoms with Crippen LogP contribution in [0.4, 0.5) is 0 Å². The summed E-state index contributed by atoms with van der Waals surface area (Å²) in [5.74, 6) is -0.938. The number of hydrogen-bond acceptors (Lipinski definition) is 6. The summed E-state index contributed by atoms with van der Waals surface area (Å²) < 4.78 is 1.71. The van der Waals surface area contributed by atoms with E-state index in [4.69, 9.17) is 0 Å². The zero-order valence-electron chi connectivity index (χ0n) is 27.6. The largest absolute Gasteiger partial charge is 0.381 e. The van der Waals surface area contributed by atoms with Crippen LogP contribution in [0.2, 0.25) is 0 Å². The van der Waals surface area contributed by atoms with E-state index < -0.39 is 38.6 Å². The predicted octanol–water partition coefficient (Wildman–Crippen LogP) is 5.37. The van der Waals surface area contributed by atoms with Crippen LogP contribution in [-0.2, 0) is 28.0 Å². The van der Waals surface area contributed by atoms with Crippen LogP contribution in [0, 0.1) is 55.7 Å². The Labute approximate surface area is 261 Å². The standard InChI is InChI=1S/C36H48N4O4/c1-30(2)24-9-11-34(6)25(33(24,5)18-22(20-37)28(30)42)17-27(41)36(44)26-19-32(4,13-12-31(26,3)14-15-35(34,36)7)29(43)38-21-23-10-16-40(8)39-23/h10,16-18,24,26,44H,9,11-15,19,21H2,1-8H3,(H,38,43)/t24-,26+,31+,32-,33-,34+,35-,36+/m0/s1. The van der Waals surface area contributed by atoms with Crippen molar-refractivity contribution >= 4 is 17.5 Å². The number of rotatable bonds is 3. The molecule has 0 aliphatic heterocycles. The molecule has 0 radical (unpaired) electrons. The average molecular weight is 601 g/mol. The van der Waals surface area contributed by atoms with Crippen LogP contribution in [0.1, 0.15) is 99.1 Å². The minimum Gasteiger partial charge on any atom is -0.381 e. The Kier molecular flexibility index (Phi) is 6.51. The molecule has 0 spiro atoms. The number of fused-ring (bicyclic) bond motifs is 7. The molecular formula is C36H48N4O4. The minimum atomic E-state index is -1.65.